The predicted octanol–water partition coefficient (Wildman–Crippen LogP) is 3.98. The van der Waals surface area contributed by atoms with Gasteiger partial charge in [-0.1, -0.05) is 43.0 Å². The minimum atomic E-state index is -3.67. The zero-order chi connectivity index (χ0) is 21.2. The van der Waals surface area contributed by atoms with E-state index in [9.17, 15) is 13.2 Å². The van der Waals surface area contributed by atoms with Gasteiger partial charge in [0.25, 0.3) is 0 Å². The molecule has 0 fully saturated rings. The summed E-state index contributed by atoms with van der Waals surface area (Å²) in [6.07, 6.45) is 2.85. The summed E-state index contributed by atoms with van der Waals surface area (Å²) in [5.41, 5.74) is 5.19. The highest BCUT2D eigenvalue weighted by Crippen LogP contribution is 2.37. The van der Waals surface area contributed by atoms with Crippen molar-refractivity contribution in [2.45, 2.75) is 33.4 Å². The van der Waals surface area contributed by atoms with Crippen LogP contribution in [0.4, 0.5) is 4.79 Å². The van der Waals surface area contributed by atoms with Gasteiger partial charge in [0, 0.05) is 18.7 Å². The lowest BCUT2D eigenvalue weighted by Gasteiger charge is -2.32. The fourth-order valence-electron chi connectivity index (χ4n) is 3.66. The van der Waals surface area contributed by atoms with Crippen LogP contribution in [0.5, 0.6) is 5.75 Å². The van der Waals surface area contributed by atoms with Gasteiger partial charge in [-0.05, 0) is 48.1 Å². The number of nitrogens with zero attached hydrogens (tertiary/aromatic N) is 1. The van der Waals surface area contributed by atoms with Crippen LogP contribution < -0.4 is 4.18 Å². The molecule has 6 nitrogen and oxygen atoms in total. The monoisotopic (exact) mass is 415 g/mol. The Morgan fingerprint density at radius 2 is 1.86 bits per heavy atom. The summed E-state index contributed by atoms with van der Waals surface area (Å²) in [6.45, 7) is 8.66. The Balaban J connectivity index is 1.85. The van der Waals surface area contributed by atoms with E-state index in [4.69, 9.17) is 8.92 Å². The molecular formula is C22H25NO5S. The highest BCUT2D eigenvalue weighted by molar-refractivity contribution is 7.86. The van der Waals surface area contributed by atoms with Gasteiger partial charge < -0.3 is 13.8 Å². The number of benzene rings is 2. The Labute approximate surface area is 171 Å². The molecule has 1 aliphatic rings. The molecule has 0 saturated heterocycles. The molecule has 0 bridgehead atoms. The molecule has 2 aromatic carbocycles. The van der Waals surface area contributed by atoms with Gasteiger partial charge in [-0.25, -0.2) is 4.79 Å². The Kier molecular flexibility index (Phi) is 5.98. The molecule has 1 amide bonds. The molecule has 0 atom stereocenters. The quantitative estimate of drug-likeness (QED) is 0.691. The Morgan fingerprint density at radius 1 is 1.17 bits per heavy atom. The SMILES string of the molecule is C=Cc1c(C)c2c(c(C)c1OS(C)(=O)=O)CCN(C(=O)OCc1ccccc1)C2. The minimum Gasteiger partial charge on any atom is -0.445 e. The van der Waals surface area contributed by atoms with Crippen LogP contribution in [0.15, 0.2) is 36.9 Å². The fourth-order valence-corrected chi connectivity index (χ4v) is 4.18. The standard InChI is InChI=1S/C22H25NO5S/c1-5-18-15(2)20-13-23(22(24)27-14-17-9-7-6-8-10-17)12-11-19(20)16(3)21(18)28-29(4,25)26/h5-10H,1,11-14H2,2-4H3. The summed E-state index contributed by atoms with van der Waals surface area (Å²) < 4.78 is 34.1. The molecule has 154 valence electrons. The van der Waals surface area contributed by atoms with Crippen LogP contribution in [0.1, 0.15) is 33.4 Å². The topological polar surface area (TPSA) is 72.9 Å². The smallest absolute Gasteiger partial charge is 0.410 e. The van der Waals surface area contributed by atoms with Gasteiger partial charge in [-0.2, -0.15) is 8.42 Å². The highest BCUT2D eigenvalue weighted by Gasteiger charge is 2.28. The molecule has 2 aromatic rings. The van der Waals surface area contributed by atoms with E-state index in [0.717, 1.165) is 34.1 Å². The number of carbonyl (C=O) groups excluding carboxylic acids is 1. The van der Waals surface area contributed by atoms with E-state index in [1.807, 2.05) is 44.2 Å². The van der Waals surface area contributed by atoms with Gasteiger partial charge in [0.1, 0.15) is 6.61 Å². The maximum atomic E-state index is 12.6. The van der Waals surface area contributed by atoms with Gasteiger partial charge in [-0.15, -0.1) is 0 Å². The second kappa shape index (κ2) is 8.29. The van der Waals surface area contributed by atoms with Gasteiger partial charge in [0.05, 0.1) is 6.26 Å². The van der Waals surface area contributed by atoms with Crippen molar-refractivity contribution < 1.29 is 22.1 Å². The number of hydrogen-bond donors (Lipinski definition) is 0. The lowest BCUT2D eigenvalue weighted by molar-refractivity contribution is 0.0917. The van der Waals surface area contributed by atoms with Gasteiger partial charge >= 0.3 is 16.2 Å². The maximum absolute atomic E-state index is 12.6. The normalized spacial score (nSPS) is 13.6. The van der Waals surface area contributed by atoms with Gasteiger partial charge in [-0.3, -0.25) is 0 Å². The molecule has 1 heterocycles. The molecule has 0 unspecified atom stereocenters. The molecule has 3 rings (SSSR count). The van der Waals surface area contributed by atoms with Crippen molar-refractivity contribution in [1.82, 2.24) is 4.90 Å². The average molecular weight is 416 g/mol. The van der Waals surface area contributed by atoms with Crippen molar-refractivity contribution in [3.8, 4) is 5.75 Å². The van der Waals surface area contributed by atoms with E-state index in [1.165, 1.54) is 0 Å². The van der Waals surface area contributed by atoms with Crippen LogP contribution in [0, 0.1) is 13.8 Å². The van der Waals surface area contributed by atoms with Gasteiger partial charge in [0.15, 0.2) is 5.75 Å². The fraction of sp³-hybridized carbons (Fsp3) is 0.318. The maximum Gasteiger partial charge on any atom is 0.410 e. The second-order valence-electron chi connectivity index (χ2n) is 7.15. The zero-order valence-corrected chi connectivity index (χ0v) is 17.7. The molecule has 0 aliphatic carbocycles. The van der Waals surface area contributed by atoms with Crippen LogP contribution in [-0.4, -0.2) is 32.2 Å². The second-order valence-corrected chi connectivity index (χ2v) is 8.73. The summed E-state index contributed by atoms with van der Waals surface area (Å²) in [5, 5.41) is 0. The molecule has 0 N–H and O–H groups in total. The molecule has 0 radical (unpaired) electrons. The Hall–Kier alpha value is -2.80. The Bertz CT molecular complexity index is 1040. The van der Waals surface area contributed by atoms with Crippen LogP contribution >= 0.6 is 0 Å². The third kappa shape index (κ3) is 4.62. The minimum absolute atomic E-state index is 0.222. The van der Waals surface area contributed by atoms with Crippen molar-refractivity contribution in [2.75, 3.05) is 12.8 Å². The molecular weight excluding hydrogens is 390 g/mol. The highest BCUT2D eigenvalue weighted by atomic mass is 32.2. The van der Waals surface area contributed by atoms with Crippen molar-refractivity contribution in [2.24, 2.45) is 0 Å². The summed E-state index contributed by atoms with van der Waals surface area (Å²) >= 11 is 0. The van der Waals surface area contributed by atoms with Gasteiger partial charge in [0.2, 0.25) is 0 Å². The summed E-state index contributed by atoms with van der Waals surface area (Å²) in [7, 11) is -3.67. The first-order valence-corrected chi connectivity index (χ1v) is 11.2. The van der Waals surface area contributed by atoms with Crippen LogP contribution in [0.3, 0.4) is 0 Å². The van der Waals surface area contributed by atoms with Crippen molar-refractivity contribution in [3.63, 3.8) is 0 Å². The van der Waals surface area contributed by atoms with Crippen LogP contribution in [0.2, 0.25) is 0 Å². The van der Waals surface area contributed by atoms with Crippen LogP contribution in [-0.2, 0) is 34.4 Å². The lowest BCUT2D eigenvalue weighted by Crippen LogP contribution is -2.37. The molecule has 1 aliphatic heterocycles. The number of amides is 1. The Morgan fingerprint density at radius 3 is 2.48 bits per heavy atom. The summed E-state index contributed by atoms with van der Waals surface area (Å²) in [4.78, 5) is 14.2. The van der Waals surface area contributed by atoms with E-state index >= 15 is 0 Å². The summed E-state index contributed by atoms with van der Waals surface area (Å²) in [5.74, 6) is 0.318. The first kappa shape index (κ1) is 20.9. The molecule has 0 aromatic heterocycles. The van der Waals surface area contributed by atoms with E-state index in [1.54, 1.807) is 11.0 Å². The van der Waals surface area contributed by atoms with E-state index in [0.29, 0.717) is 30.8 Å². The number of ether oxygens (including phenoxy) is 1. The number of fused-ring (bicyclic) bond motifs is 1. The van der Waals surface area contributed by atoms with E-state index < -0.39 is 10.1 Å². The molecule has 29 heavy (non-hydrogen) atoms. The van der Waals surface area contributed by atoms with E-state index in [-0.39, 0.29) is 12.7 Å². The zero-order valence-electron chi connectivity index (χ0n) is 16.9. The van der Waals surface area contributed by atoms with Crippen molar-refractivity contribution in [1.29, 1.82) is 0 Å². The van der Waals surface area contributed by atoms with Crippen LogP contribution in [0.25, 0.3) is 6.08 Å². The number of rotatable bonds is 5. The predicted molar refractivity (Wildman–Crippen MR) is 112 cm³/mol. The third-order valence-corrected chi connectivity index (χ3v) is 5.61. The first-order valence-electron chi connectivity index (χ1n) is 9.33. The first-order chi connectivity index (χ1) is 13.7. The lowest BCUT2D eigenvalue weighted by atomic mass is 9.87. The third-order valence-electron chi connectivity index (χ3n) is 5.14. The van der Waals surface area contributed by atoms with Crippen molar-refractivity contribution in [3.05, 3.63) is 70.3 Å². The largest absolute Gasteiger partial charge is 0.445 e. The number of carbonyl (C=O) groups is 1. The summed E-state index contributed by atoms with van der Waals surface area (Å²) in [6, 6.07) is 9.54. The molecule has 0 saturated carbocycles. The number of hydrogen-bond acceptors (Lipinski definition) is 5. The molecule has 0 spiro atoms. The molecule has 7 heteroatoms. The van der Waals surface area contributed by atoms with Crippen molar-refractivity contribution >= 4 is 22.3 Å². The average Bonchev–Trinajstić information content (AvgIpc) is 2.69. The van der Waals surface area contributed by atoms with E-state index in [2.05, 4.69) is 6.58 Å².